The molecular weight excluding hydrogens is 460 g/mol. The third kappa shape index (κ3) is 8.91. The van der Waals surface area contributed by atoms with Crippen molar-refractivity contribution >= 4 is 11.0 Å². The van der Waals surface area contributed by atoms with Gasteiger partial charge in [-0.1, -0.05) is 53.1 Å². The summed E-state index contributed by atoms with van der Waals surface area (Å²) in [6.45, 7) is 16.9. The second-order valence-electron chi connectivity index (χ2n) is 10.8. The van der Waals surface area contributed by atoms with E-state index in [0.717, 1.165) is 85.2 Å². The minimum Gasteiger partial charge on any atom is -0.493 e. The molecule has 1 aromatic carbocycles. The van der Waals surface area contributed by atoms with E-state index in [0.29, 0.717) is 0 Å². The number of likely N-dealkylation sites (tertiary alicyclic amines) is 1. The van der Waals surface area contributed by atoms with Crippen molar-refractivity contribution in [1.82, 2.24) is 10.1 Å². The van der Waals surface area contributed by atoms with Crippen molar-refractivity contribution in [2.45, 2.75) is 99.5 Å². The lowest BCUT2D eigenvalue weighted by Gasteiger charge is -2.31. The fraction of sp³-hybridized carbons (Fsp3) is 0.656. The summed E-state index contributed by atoms with van der Waals surface area (Å²) in [6.07, 6.45) is 11.2. The van der Waals surface area contributed by atoms with Gasteiger partial charge in [-0.25, -0.2) is 0 Å². The highest BCUT2D eigenvalue weighted by Gasteiger charge is 2.24. The Bertz CT molecular complexity index is 1010. The lowest BCUT2D eigenvalue weighted by molar-refractivity contribution is 0.162. The van der Waals surface area contributed by atoms with Crippen LogP contribution in [0.3, 0.4) is 0 Å². The third-order valence-electron chi connectivity index (χ3n) is 7.57. The predicted molar refractivity (Wildman–Crippen MR) is 153 cm³/mol. The zero-order valence-corrected chi connectivity index (χ0v) is 24.2. The molecule has 5 nitrogen and oxygen atoms in total. The normalized spacial score (nSPS) is 16.3. The average molecular weight is 511 g/mol. The monoisotopic (exact) mass is 510 g/mol. The molecule has 0 unspecified atom stereocenters. The molecule has 0 atom stereocenters. The van der Waals surface area contributed by atoms with E-state index < -0.39 is 0 Å². The molecule has 3 heterocycles. The molecule has 1 aliphatic carbocycles. The van der Waals surface area contributed by atoms with Crippen LogP contribution in [0.25, 0.3) is 11.0 Å². The summed E-state index contributed by atoms with van der Waals surface area (Å²) in [6, 6.07) is 8.30. The molecule has 206 valence electrons. The van der Waals surface area contributed by atoms with Crippen molar-refractivity contribution in [2.75, 3.05) is 19.7 Å². The Labute approximate surface area is 224 Å². The predicted octanol–water partition coefficient (Wildman–Crippen LogP) is 8.70. The van der Waals surface area contributed by atoms with Crippen LogP contribution in [-0.2, 0) is 19.4 Å². The lowest BCUT2D eigenvalue weighted by Crippen LogP contribution is -2.33. The number of ether oxygens (including phenoxy) is 1. The highest BCUT2D eigenvalue weighted by Crippen LogP contribution is 2.34. The van der Waals surface area contributed by atoms with Gasteiger partial charge in [0.15, 0.2) is 5.58 Å². The lowest BCUT2D eigenvalue weighted by atomic mass is 9.91. The number of benzene rings is 1. The standard InChI is InChI=1S/C25H32N2O3.C5H12.C2H6/c1-2-21-24(29-17-19-5-6-19)10-8-22-23(26-30-25(21)22)9-7-18-11-13-27(14-12-18)16-20-4-3-15-28-20;1-4-5(2)3;1-2/h3-4,8,10,15,18-19H,2,5-7,9,11-14,16-17H2,1H3;5H,4H2,1-3H3;1-2H3. The van der Waals surface area contributed by atoms with Gasteiger partial charge in [-0.3, -0.25) is 4.90 Å². The molecule has 5 heteroatoms. The second-order valence-corrected chi connectivity index (χ2v) is 10.8. The number of rotatable bonds is 10. The first-order valence-electron chi connectivity index (χ1n) is 14.8. The largest absolute Gasteiger partial charge is 0.493 e. The number of furan rings is 1. The molecule has 37 heavy (non-hydrogen) atoms. The fourth-order valence-corrected chi connectivity index (χ4v) is 4.63. The number of aryl methyl sites for hydroxylation is 2. The number of nitrogens with zero attached hydrogens (tertiary/aromatic N) is 2. The van der Waals surface area contributed by atoms with Crippen LogP contribution in [0.5, 0.6) is 5.75 Å². The summed E-state index contributed by atoms with van der Waals surface area (Å²) in [5, 5.41) is 5.62. The number of hydrogen-bond donors (Lipinski definition) is 0. The molecule has 3 aromatic rings. The van der Waals surface area contributed by atoms with E-state index in [4.69, 9.17) is 13.7 Å². The van der Waals surface area contributed by atoms with E-state index in [2.05, 4.69) is 56.0 Å². The Morgan fingerprint density at radius 3 is 2.35 bits per heavy atom. The Kier molecular flexibility index (Phi) is 12.0. The number of hydrogen-bond acceptors (Lipinski definition) is 5. The van der Waals surface area contributed by atoms with Crippen molar-refractivity contribution in [3.8, 4) is 5.75 Å². The van der Waals surface area contributed by atoms with Crippen LogP contribution >= 0.6 is 0 Å². The summed E-state index contributed by atoms with van der Waals surface area (Å²) >= 11 is 0. The van der Waals surface area contributed by atoms with Gasteiger partial charge < -0.3 is 13.7 Å². The molecule has 1 saturated carbocycles. The van der Waals surface area contributed by atoms with Crippen LogP contribution in [0.4, 0.5) is 0 Å². The van der Waals surface area contributed by atoms with Crippen LogP contribution in [0.2, 0.25) is 0 Å². The Hall–Kier alpha value is -2.27. The quantitative estimate of drug-likeness (QED) is 0.273. The molecule has 2 aromatic heterocycles. The maximum atomic E-state index is 6.07. The van der Waals surface area contributed by atoms with Crippen molar-refractivity contribution in [1.29, 1.82) is 0 Å². The van der Waals surface area contributed by atoms with Crippen molar-refractivity contribution in [3.05, 3.63) is 47.5 Å². The van der Waals surface area contributed by atoms with Gasteiger partial charge >= 0.3 is 0 Å². The first kappa shape index (κ1) is 29.3. The Morgan fingerprint density at radius 1 is 1.03 bits per heavy atom. The maximum absolute atomic E-state index is 6.07. The van der Waals surface area contributed by atoms with Crippen LogP contribution in [0, 0.1) is 17.8 Å². The number of piperidine rings is 1. The average Bonchev–Trinajstić information content (AvgIpc) is 3.45. The van der Waals surface area contributed by atoms with Crippen molar-refractivity contribution < 1.29 is 13.7 Å². The highest BCUT2D eigenvalue weighted by molar-refractivity contribution is 5.84. The topological polar surface area (TPSA) is 51.6 Å². The van der Waals surface area contributed by atoms with E-state index in [9.17, 15) is 0 Å². The van der Waals surface area contributed by atoms with Crippen molar-refractivity contribution in [3.63, 3.8) is 0 Å². The zero-order valence-electron chi connectivity index (χ0n) is 24.2. The van der Waals surface area contributed by atoms with E-state index in [1.165, 1.54) is 43.9 Å². The minimum absolute atomic E-state index is 0.751. The van der Waals surface area contributed by atoms with Gasteiger partial charge in [0.05, 0.1) is 25.1 Å². The zero-order chi connectivity index (χ0) is 26.6. The van der Waals surface area contributed by atoms with E-state index >= 15 is 0 Å². The molecule has 2 aliphatic rings. The van der Waals surface area contributed by atoms with Crippen LogP contribution in [-0.4, -0.2) is 29.8 Å². The van der Waals surface area contributed by atoms with Gasteiger partial charge in [0.2, 0.25) is 0 Å². The fourth-order valence-electron chi connectivity index (χ4n) is 4.63. The molecule has 5 rings (SSSR count). The molecule has 1 saturated heterocycles. The summed E-state index contributed by atoms with van der Waals surface area (Å²) in [7, 11) is 0. The molecule has 0 N–H and O–H groups in total. The Morgan fingerprint density at radius 2 is 1.76 bits per heavy atom. The summed E-state index contributed by atoms with van der Waals surface area (Å²) in [5.74, 6) is 4.44. The van der Waals surface area contributed by atoms with E-state index in [1.54, 1.807) is 6.26 Å². The van der Waals surface area contributed by atoms with Crippen LogP contribution < -0.4 is 4.74 Å². The van der Waals surface area contributed by atoms with Crippen LogP contribution in [0.15, 0.2) is 39.5 Å². The van der Waals surface area contributed by atoms with E-state index in [-0.39, 0.29) is 0 Å². The SMILES string of the molecule is CC.CCC(C)C.CCc1c(OCC2CC2)ccc2c(CCC3CCN(Cc4ccco4)CC3)noc12. The van der Waals surface area contributed by atoms with Crippen LogP contribution in [0.1, 0.15) is 97.1 Å². The third-order valence-corrected chi connectivity index (χ3v) is 7.57. The van der Waals surface area contributed by atoms with Crippen molar-refractivity contribution in [2.24, 2.45) is 17.8 Å². The summed E-state index contributed by atoms with van der Waals surface area (Å²) in [5.41, 5.74) is 3.19. The van der Waals surface area contributed by atoms with E-state index in [1.807, 2.05) is 19.9 Å². The first-order valence-corrected chi connectivity index (χ1v) is 14.8. The molecular formula is C32H50N2O3. The maximum Gasteiger partial charge on any atom is 0.174 e. The molecule has 1 aliphatic heterocycles. The molecule has 0 bridgehead atoms. The highest BCUT2D eigenvalue weighted by atomic mass is 16.5. The number of aromatic nitrogens is 1. The summed E-state index contributed by atoms with van der Waals surface area (Å²) in [4.78, 5) is 2.50. The molecule has 2 fully saturated rings. The minimum atomic E-state index is 0.751. The number of fused-ring (bicyclic) bond motifs is 1. The Balaban J connectivity index is 0.000000489. The van der Waals surface area contributed by atoms with Gasteiger partial charge in [-0.2, -0.15) is 0 Å². The summed E-state index contributed by atoms with van der Waals surface area (Å²) < 4.78 is 17.4. The first-order chi connectivity index (χ1) is 18.1. The molecule has 0 amide bonds. The van der Waals surface area contributed by atoms with Gasteiger partial charge in [-0.15, -0.1) is 0 Å². The van der Waals surface area contributed by atoms with Gasteiger partial charge in [0.1, 0.15) is 11.5 Å². The van der Waals surface area contributed by atoms with Gasteiger partial charge in [-0.05, 0) is 100 Å². The molecule has 0 spiro atoms. The molecule has 0 radical (unpaired) electrons. The second kappa shape index (κ2) is 15.2. The van der Waals surface area contributed by atoms with Gasteiger partial charge in [0.25, 0.3) is 0 Å². The van der Waals surface area contributed by atoms with Gasteiger partial charge in [0, 0.05) is 10.9 Å². The smallest absolute Gasteiger partial charge is 0.174 e.